The molecule has 2 fully saturated rings. The lowest BCUT2D eigenvalue weighted by molar-refractivity contribution is -0.125. The quantitative estimate of drug-likeness (QED) is 0.898. The zero-order chi connectivity index (χ0) is 18.8. The van der Waals surface area contributed by atoms with E-state index in [0.29, 0.717) is 0 Å². The van der Waals surface area contributed by atoms with Crippen molar-refractivity contribution in [3.05, 3.63) is 29.8 Å². The first-order valence-corrected chi connectivity index (χ1v) is 9.72. The maximum atomic E-state index is 12.6. The van der Waals surface area contributed by atoms with E-state index >= 15 is 0 Å². The number of carbonyl (C=O) groups is 1. The topological polar surface area (TPSA) is 63.7 Å². The Kier molecular flexibility index (Phi) is 5.16. The summed E-state index contributed by atoms with van der Waals surface area (Å²) < 4.78 is 10.7. The van der Waals surface area contributed by atoms with Gasteiger partial charge in [-0.05, 0) is 49.9 Å². The summed E-state index contributed by atoms with van der Waals surface area (Å²) in [6, 6.07) is 8.36. The van der Waals surface area contributed by atoms with Gasteiger partial charge in [-0.1, -0.05) is 0 Å². The van der Waals surface area contributed by atoms with E-state index in [2.05, 4.69) is 23.2 Å². The van der Waals surface area contributed by atoms with Crippen LogP contribution in [-0.2, 0) is 9.53 Å². The summed E-state index contributed by atoms with van der Waals surface area (Å²) in [5, 5.41) is 4.34. The summed E-state index contributed by atoms with van der Waals surface area (Å²) >= 11 is 0. The van der Waals surface area contributed by atoms with Gasteiger partial charge in [0.1, 0.15) is 11.6 Å². The first-order valence-electron chi connectivity index (χ1n) is 9.72. The van der Waals surface area contributed by atoms with E-state index < -0.39 is 0 Å². The fourth-order valence-corrected chi connectivity index (χ4v) is 4.00. The van der Waals surface area contributed by atoms with E-state index in [1.165, 1.54) is 5.56 Å². The molecule has 2 aliphatic rings. The van der Waals surface area contributed by atoms with Gasteiger partial charge in [-0.3, -0.25) is 4.79 Å². The van der Waals surface area contributed by atoms with Crippen LogP contribution in [0, 0.1) is 12.8 Å². The van der Waals surface area contributed by atoms with Crippen LogP contribution in [0.2, 0.25) is 0 Å². The molecule has 1 amide bonds. The van der Waals surface area contributed by atoms with E-state index in [0.717, 1.165) is 68.0 Å². The lowest BCUT2D eigenvalue weighted by Crippen LogP contribution is -2.42. The smallest absolute Gasteiger partial charge is 0.225 e. The zero-order valence-corrected chi connectivity index (χ0v) is 16.0. The molecule has 2 aliphatic heterocycles. The molecule has 6 nitrogen and oxygen atoms in total. The molecule has 2 saturated heterocycles. The summed E-state index contributed by atoms with van der Waals surface area (Å²) in [7, 11) is 1.67. The van der Waals surface area contributed by atoms with Crippen molar-refractivity contribution in [2.75, 3.05) is 38.3 Å². The molecular weight excluding hydrogens is 342 g/mol. The number of anilines is 1. The fraction of sp³-hybridized carbons (Fsp3) is 0.524. The van der Waals surface area contributed by atoms with Crippen LogP contribution in [0.1, 0.15) is 24.8 Å². The van der Waals surface area contributed by atoms with E-state index in [-0.39, 0.29) is 17.9 Å². The van der Waals surface area contributed by atoms with Crippen molar-refractivity contribution in [1.82, 2.24) is 10.3 Å². The van der Waals surface area contributed by atoms with Gasteiger partial charge in [0, 0.05) is 43.8 Å². The molecule has 27 heavy (non-hydrogen) atoms. The van der Waals surface area contributed by atoms with Crippen molar-refractivity contribution in [1.29, 1.82) is 0 Å². The van der Waals surface area contributed by atoms with Gasteiger partial charge in [0.2, 0.25) is 5.91 Å². The predicted octanol–water partition coefficient (Wildman–Crippen LogP) is 2.67. The van der Waals surface area contributed by atoms with Gasteiger partial charge in [0.15, 0.2) is 0 Å². The van der Waals surface area contributed by atoms with Crippen molar-refractivity contribution < 1.29 is 14.3 Å². The highest BCUT2D eigenvalue weighted by molar-refractivity contribution is 5.85. The Bertz CT molecular complexity index is 833. The Balaban J connectivity index is 1.47. The molecule has 6 heteroatoms. The SMILES string of the molecule is COc1ccc2c(C)cc(N3CCC(C(=O)NC4CCOCC4)C3)nc2c1. The van der Waals surface area contributed by atoms with Crippen molar-refractivity contribution in [2.24, 2.45) is 5.92 Å². The number of benzene rings is 1. The number of aromatic nitrogens is 1. The molecule has 1 atom stereocenters. The molecule has 0 bridgehead atoms. The minimum atomic E-state index is 0.0240. The van der Waals surface area contributed by atoms with Gasteiger partial charge >= 0.3 is 0 Å². The molecule has 1 aromatic heterocycles. The number of carbonyl (C=O) groups excluding carboxylic acids is 1. The lowest BCUT2D eigenvalue weighted by Gasteiger charge is -2.25. The third-order valence-electron chi connectivity index (χ3n) is 5.66. The van der Waals surface area contributed by atoms with Crippen LogP contribution >= 0.6 is 0 Å². The second-order valence-electron chi connectivity index (χ2n) is 7.51. The molecule has 0 saturated carbocycles. The molecule has 144 valence electrons. The van der Waals surface area contributed by atoms with Crippen molar-refractivity contribution >= 4 is 22.6 Å². The third-order valence-corrected chi connectivity index (χ3v) is 5.66. The van der Waals surface area contributed by atoms with E-state index in [1.54, 1.807) is 7.11 Å². The number of rotatable bonds is 4. The number of aryl methyl sites for hydroxylation is 1. The summed E-state index contributed by atoms with van der Waals surface area (Å²) in [4.78, 5) is 19.7. The first-order chi connectivity index (χ1) is 13.1. The van der Waals surface area contributed by atoms with Crippen LogP contribution in [0.5, 0.6) is 5.75 Å². The van der Waals surface area contributed by atoms with Crippen LogP contribution in [0.4, 0.5) is 5.82 Å². The van der Waals surface area contributed by atoms with Crippen LogP contribution in [-0.4, -0.2) is 50.3 Å². The highest BCUT2D eigenvalue weighted by Crippen LogP contribution is 2.29. The first kappa shape index (κ1) is 18.0. The largest absolute Gasteiger partial charge is 0.497 e. The van der Waals surface area contributed by atoms with Crippen molar-refractivity contribution in [3.8, 4) is 5.75 Å². The van der Waals surface area contributed by atoms with Gasteiger partial charge in [0.25, 0.3) is 0 Å². The summed E-state index contributed by atoms with van der Waals surface area (Å²) in [5.41, 5.74) is 2.12. The average molecular weight is 369 g/mol. The van der Waals surface area contributed by atoms with Crippen LogP contribution < -0.4 is 15.0 Å². The molecule has 0 radical (unpaired) electrons. The third kappa shape index (κ3) is 3.86. The molecule has 2 aromatic rings. The van der Waals surface area contributed by atoms with E-state index in [1.807, 2.05) is 18.2 Å². The number of hydrogen-bond donors (Lipinski definition) is 1. The number of methoxy groups -OCH3 is 1. The molecular formula is C21H27N3O3. The zero-order valence-electron chi connectivity index (χ0n) is 16.0. The fourth-order valence-electron chi connectivity index (χ4n) is 4.00. The Hall–Kier alpha value is -2.34. The second kappa shape index (κ2) is 7.72. The van der Waals surface area contributed by atoms with Gasteiger partial charge in [-0.25, -0.2) is 4.98 Å². The molecule has 1 unspecified atom stereocenters. The number of nitrogens with zero attached hydrogens (tertiary/aromatic N) is 2. The normalized spacial score (nSPS) is 20.8. The lowest BCUT2D eigenvalue weighted by atomic mass is 10.1. The molecule has 1 aromatic carbocycles. The van der Waals surface area contributed by atoms with Gasteiger partial charge in [-0.15, -0.1) is 0 Å². The van der Waals surface area contributed by atoms with Gasteiger partial charge in [-0.2, -0.15) is 0 Å². The van der Waals surface area contributed by atoms with Crippen LogP contribution in [0.25, 0.3) is 10.9 Å². The van der Waals surface area contributed by atoms with Gasteiger partial charge < -0.3 is 19.7 Å². The number of pyridine rings is 1. The van der Waals surface area contributed by atoms with E-state index in [4.69, 9.17) is 14.5 Å². The molecule has 1 N–H and O–H groups in total. The Morgan fingerprint density at radius 2 is 2.07 bits per heavy atom. The maximum absolute atomic E-state index is 12.6. The van der Waals surface area contributed by atoms with Crippen LogP contribution in [0.3, 0.4) is 0 Å². The minimum absolute atomic E-state index is 0.0240. The van der Waals surface area contributed by atoms with Crippen molar-refractivity contribution in [2.45, 2.75) is 32.2 Å². The van der Waals surface area contributed by atoms with Crippen LogP contribution in [0.15, 0.2) is 24.3 Å². The number of hydrogen-bond acceptors (Lipinski definition) is 5. The Morgan fingerprint density at radius 3 is 2.85 bits per heavy atom. The second-order valence-corrected chi connectivity index (χ2v) is 7.51. The molecule has 3 heterocycles. The highest BCUT2D eigenvalue weighted by atomic mass is 16.5. The highest BCUT2D eigenvalue weighted by Gasteiger charge is 2.30. The average Bonchev–Trinajstić information content (AvgIpc) is 3.18. The predicted molar refractivity (Wildman–Crippen MR) is 105 cm³/mol. The van der Waals surface area contributed by atoms with Gasteiger partial charge in [0.05, 0.1) is 18.5 Å². The summed E-state index contributed by atoms with van der Waals surface area (Å²) in [5.74, 6) is 1.94. The standard InChI is InChI=1S/C21H27N3O3/c1-14-11-20(23-19-12-17(26-2)3-4-18(14)19)24-8-5-15(13-24)21(25)22-16-6-9-27-10-7-16/h3-4,11-12,15-16H,5-10,13H2,1-2H3,(H,22,25). The minimum Gasteiger partial charge on any atom is -0.497 e. The number of ether oxygens (including phenoxy) is 2. The van der Waals surface area contributed by atoms with Crippen molar-refractivity contribution in [3.63, 3.8) is 0 Å². The van der Waals surface area contributed by atoms with E-state index in [9.17, 15) is 4.79 Å². The molecule has 0 aliphatic carbocycles. The number of nitrogens with one attached hydrogen (secondary N) is 1. The monoisotopic (exact) mass is 369 g/mol. The molecule has 0 spiro atoms. The Morgan fingerprint density at radius 1 is 1.26 bits per heavy atom. The Labute approximate surface area is 159 Å². The number of amides is 1. The summed E-state index contributed by atoms with van der Waals surface area (Å²) in [6.45, 7) is 5.16. The maximum Gasteiger partial charge on any atom is 0.225 e. The summed E-state index contributed by atoms with van der Waals surface area (Å²) in [6.07, 6.45) is 2.69. The number of fused-ring (bicyclic) bond motifs is 1. The molecule has 4 rings (SSSR count).